The Morgan fingerprint density at radius 1 is 0.842 bits per heavy atom. The van der Waals surface area contributed by atoms with E-state index in [-0.39, 0.29) is 17.2 Å². The first-order chi connectivity index (χ1) is 9.06. The zero-order chi connectivity index (χ0) is 14.0. The average Bonchev–Trinajstić information content (AvgIpc) is 2.42. The zero-order valence-electron chi connectivity index (χ0n) is 11.1. The summed E-state index contributed by atoms with van der Waals surface area (Å²) in [5, 5.41) is 29.1. The fourth-order valence-corrected chi connectivity index (χ4v) is 2.23. The number of aromatic hydroxyl groups is 3. The third kappa shape index (κ3) is 2.50. The zero-order valence-corrected chi connectivity index (χ0v) is 11.1. The van der Waals surface area contributed by atoms with Crippen LogP contribution in [0.25, 0.3) is 11.1 Å². The molecule has 0 unspecified atom stereocenters. The standard InChI is InChI=1S/C16H18O3/c1-3-10-5-6-13(11(4-2)7-10)14-8-12(17)9-15(18)16(14)19/h5-9,17-19H,3-4H2,1-2H3. The summed E-state index contributed by atoms with van der Waals surface area (Å²) in [5.74, 6) is -0.569. The Bertz CT molecular complexity index is 603. The van der Waals surface area contributed by atoms with Crippen molar-refractivity contribution in [2.45, 2.75) is 26.7 Å². The Morgan fingerprint density at radius 3 is 2.21 bits per heavy atom. The summed E-state index contributed by atoms with van der Waals surface area (Å²) in [6, 6.07) is 8.61. The molecule has 0 atom stereocenters. The van der Waals surface area contributed by atoms with E-state index >= 15 is 0 Å². The largest absolute Gasteiger partial charge is 0.508 e. The minimum atomic E-state index is -0.309. The van der Waals surface area contributed by atoms with Crippen LogP contribution >= 0.6 is 0 Å². The molecule has 3 nitrogen and oxygen atoms in total. The van der Waals surface area contributed by atoms with Gasteiger partial charge >= 0.3 is 0 Å². The maximum absolute atomic E-state index is 9.96. The second-order valence-electron chi connectivity index (χ2n) is 4.56. The maximum atomic E-state index is 9.96. The summed E-state index contributed by atoms with van der Waals surface area (Å²) < 4.78 is 0. The molecule has 19 heavy (non-hydrogen) atoms. The minimum absolute atomic E-state index is 0.0630. The highest BCUT2D eigenvalue weighted by atomic mass is 16.3. The fourth-order valence-electron chi connectivity index (χ4n) is 2.23. The lowest BCUT2D eigenvalue weighted by Crippen LogP contribution is -1.91. The van der Waals surface area contributed by atoms with Gasteiger partial charge in [0.25, 0.3) is 0 Å². The normalized spacial score (nSPS) is 10.6. The number of aryl methyl sites for hydroxylation is 2. The Hall–Kier alpha value is -2.16. The predicted molar refractivity (Wildman–Crippen MR) is 75.6 cm³/mol. The van der Waals surface area contributed by atoms with Crippen molar-refractivity contribution in [1.82, 2.24) is 0 Å². The van der Waals surface area contributed by atoms with Gasteiger partial charge in [0.2, 0.25) is 0 Å². The van der Waals surface area contributed by atoms with Gasteiger partial charge in [0, 0.05) is 11.6 Å². The molecular formula is C16H18O3. The lowest BCUT2D eigenvalue weighted by Gasteiger charge is -2.13. The summed E-state index contributed by atoms with van der Waals surface area (Å²) in [6.45, 7) is 4.13. The molecular weight excluding hydrogens is 240 g/mol. The van der Waals surface area contributed by atoms with Gasteiger partial charge in [-0.25, -0.2) is 0 Å². The molecule has 0 spiro atoms. The van der Waals surface area contributed by atoms with Gasteiger partial charge in [-0.1, -0.05) is 32.0 Å². The van der Waals surface area contributed by atoms with Gasteiger partial charge in [-0.2, -0.15) is 0 Å². The molecule has 2 aromatic carbocycles. The molecule has 0 fully saturated rings. The van der Waals surface area contributed by atoms with E-state index in [0.29, 0.717) is 5.56 Å². The predicted octanol–water partition coefficient (Wildman–Crippen LogP) is 3.60. The summed E-state index contributed by atoms with van der Waals surface area (Å²) in [4.78, 5) is 0. The van der Waals surface area contributed by atoms with Crippen LogP contribution in [0.4, 0.5) is 0 Å². The molecule has 3 heteroatoms. The number of hydrogen-bond acceptors (Lipinski definition) is 3. The van der Waals surface area contributed by atoms with Crippen LogP contribution in [0.5, 0.6) is 17.2 Å². The van der Waals surface area contributed by atoms with Crippen molar-refractivity contribution in [1.29, 1.82) is 0 Å². The SMILES string of the molecule is CCc1ccc(-c2cc(O)cc(O)c2O)c(CC)c1. The first kappa shape index (κ1) is 13.3. The molecule has 0 saturated carbocycles. The van der Waals surface area contributed by atoms with Gasteiger partial charge in [-0.3, -0.25) is 0 Å². The van der Waals surface area contributed by atoms with Crippen molar-refractivity contribution < 1.29 is 15.3 Å². The van der Waals surface area contributed by atoms with E-state index in [2.05, 4.69) is 13.0 Å². The monoisotopic (exact) mass is 258 g/mol. The second kappa shape index (κ2) is 5.22. The van der Waals surface area contributed by atoms with Crippen LogP contribution in [0.2, 0.25) is 0 Å². The van der Waals surface area contributed by atoms with Crippen molar-refractivity contribution in [3.8, 4) is 28.4 Å². The topological polar surface area (TPSA) is 60.7 Å². The van der Waals surface area contributed by atoms with E-state index in [1.807, 2.05) is 19.1 Å². The molecule has 0 heterocycles. The Kier molecular flexibility index (Phi) is 3.65. The van der Waals surface area contributed by atoms with E-state index in [0.717, 1.165) is 30.0 Å². The quantitative estimate of drug-likeness (QED) is 0.582. The molecule has 100 valence electrons. The fraction of sp³-hybridized carbons (Fsp3) is 0.250. The van der Waals surface area contributed by atoms with Crippen LogP contribution in [0.15, 0.2) is 30.3 Å². The Labute approximate surface area is 112 Å². The van der Waals surface area contributed by atoms with E-state index in [1.54, 1.807) is 0 Å². The van der Waals surface area contributed by atoms with Crippen LogP contribution in [-0.2, 0) is 12.8 Å². The summed E-state index contributed by atoms with van der Waals surface area (Å²) in [7, 11) is 0. The molecule has 3 N–H and O–H groups in total. The third-order valence-electron chi connectivity index (χ3n) is 3.32. The van der Waals surface area contributed by atoms with E-state index in [1.165, 1.54) is 11.6 Å². The summed E-state index contributed by atoms with van der Waals surface area (Å²) >= 11 is 0. The number of phenolic OH excluding ortho intramolecular Hbond substituents is 3. The van der Waals surface area contributed by atoms with Crippen molar-refractivity contribution in [2.24, 2.45) is 0 Å². The molecule has 0 aliphatic carbocycles. The lowest BCUT2D eigenvalue weighted by molar-refractivity contribution is 0.398. The van der Waals surface area contributed by atoms with Gasteiger partial charge in [-0.15, -0.1) is 0 Å². The molecule has 0 aromatic heterocycles. The van der Waals surface area contributed by atoms with Crippen molar-refractivity contribution in [3.05, 3.63) is 41.5 Å². The van der Waals surface area contributed by atoms with Crippen molar-refractivity contribution >= 4 is 0 Å². The Morgan fingerprint density at radius 2 is 1.58 bits per heavy atom. The van der Waals surface area contributed by atoms with E-state index < -0.39 is 0 Å². The maximum Gasteiger partial charge on any atom is 0.165 e. The first-order valence-electron chi connectivity index (χ1n) is 6.43. The minimum Gasteiger partial charge on any atom is -0.508 e. The van der Waals surface area contributed by atoms with Gasteiger partial charge in [0.05, 0.1) is 0 Å². The molecule has 0 aliphatic heterocycles. The van der Waals surface area contributed by atoms with Gasteiger partial charge in [0.1, 0.15) is 5.75 Å². The van der Waals surface area contributed by atoms with Gasteiger partial charge in [-0.05, 0) is 35.6 Å². The molecule has 2 rings (SSSR count). The van der Waals surface area contributed by atoms with Crippen molar-refractivity contribution in [2.75, 3.05) is 0 Å². The summed E-state index contributed by atoms with van der Waals surface area (Å²) in [5.41, 5.74) is 3.60. The smallest absolute Gasteiger partial charge is 0.165 e. The van der Waals surface area contributed by atoms with Gasteiger partial charge in [0.15, 0.2) is 11.5 Å². The molecule has 2 aromatic rings. The second-order valence-corrected chi connectivity index (χ2v) is 4.56. The first-order valence-corrected chi connectivity index (χ1v) is 6.43. The third-order valence-corrected chi connectivity index (χ3v) is 3.32. The number of hydrogen-bond donors (Lipinski definition) is 3. The lowest BCUT2D eigenvalue weighted by atomic mass is 9.94. The van der Waals surface area contributed by atoms with Crippen LogP contribution in [0.3, 0.4) is 0 Å². The van der Waals surface area contributed by atoms with Crippen LogP contribution in [0.1, 0.15) is 25.0 Å². The molecule has 0 aliphatic rings. The van der Waals surface area contributed by atoms with E-state index in [9.17, 15) is 15.3 Å². The average molecular weight is 258 g/mol. The Balaban J connectivity index is 2.65. The molecule has 0 amide bonds. The van der Waals surface area contributed by atoms with E-state index in [4.69, 9.17) is 0 Å². The number of rotatable bonds is 3. The van der Waals surface area contributed by atoms with Crippen molar-refractivity contribution in [3.63, 3.8) is 0 Å². The van der Waals surface area contributed by atoms with Crippen LogP contribution in [0, 0.1) is 0 Å². The van der Waals surface area contributed by atoms with Gasteiger partial charge < -0.3 is 15.3 Å². The summed E-state index contributed by atoms with van der Waals surface area (Å²) in [6.07, 6.45) is 1.77. The van der Waals surface area contributed by atoms with Crippen LogP contribution in [-0.4, -0.2) is 15.3 Å². The number of benzene rings is 2. The van der Waals surface area contributed by atoms with Crippen LogP contribution < -0.4 is 0 Å². The number of phenols is 3. The highest BCUT2D eigenvalue weighted by molar-refractivity contribution is 5.77. The molecule has 0 bridgehead atoms. The highest BCUT2D eigenvalue weighted by Gasteiger charge is 2.13. The highest BCUT2D eigenvalue weighted by Crippen LogP contribution is 2.41. The molecule has 0 saturated heterocycles. The molecule has 0 radical (unpaired) electrons.